The van der Waals surface area contributed by atoms with E-state index in [0.717, 1.165) is 12.8 Å². The number of aliphatic carboxylic acids is 1. The zero-order chi connectivity index (χ0) is 13.9. The van der Waals surface area contributed by atoms with Crippen molar-refractivity contribution in [2.75, 3.05) is 6.54 Å². The van der Waals surface area contributed by atoms with Crippen LogP contribution in [0.15, 0.2) is 22.8 Å². The van der Waals surface area contributed by atoms with Crippen LogP contribution in [0, 0.1) is 5.41 Å². The topological polar surface area (TPSA) is 79.3 Å². The molecule has 5 nitrogen and oxygen atoms in total. The lowest BCUT2D eigenvalue weighted by atomic mass is 9.86. The highest BCUT2D eigenvalue weighted by Gasteiger charge is 2.41. The van der Waals surface area contributed by atoms with Gasteiger partial charge in [-0.05, 0) is 40.9 Å². The standard InChI is InChI=1S/C13H15BrN2O3/c14-9-4-3-7-15-10(9)11(17)16-8-13(12(18)19)5-1-2-6-13/h3-4,7H,1-2,5-6,8H2,(H,16,17)(H,18,19). The largest absolute Gasteiger partial charge is 0.481 e. The number of nitrogens with one attached hydrogen (secondary N) is 1. The van der Waals surface area contributed by atoms with Crippen molar-refractivity contribution in [3.63, 3.8) is 0 Å². The number of amides is 1. The van der Waals surface area contributed by atoms with Crippen molar-refractivity contribution >= 4 is 27.8 Å². The van der Waals surface area contributed by atoms with Crippen LogP contribution in [0.1, 0.15) is 36.2 Å². The van der Waals surface area contributed by atoms with Gasteiger partial charge in [0.1, 0.15) is 5.69 Å². The van der Waals surface area contributed by atoms with E-state index in [-0.39, 0.29) is 18.1 Å². The first-order valence-corrected chi connectivity index (χ1v) is 6.97. The van der Waals surface area contributed by atoms with E-state index in [9.17, 15) is 14.7 Å². The number of rotatable bonds is 4. The minimum Gasteiger partial charge on any atom is -0.481 e. The number of carbonyl (C=O) groups excluding carboxylic acids is 1. The fourth-order valence-electron chi connectivity index (χ4n) is 2.40. The van der Waals surface area contributed by atoms with Crippen molar-refractivity contribution in [2.45, 2.75) is 25.7 Å². The average molecular weight is 327 g/mol. The summed E-state index contributed by atoms with van der Waals surface area (Å²) in [7, 11) is 0. The SMILES string of the molecule is O=C(NCC1(C(=O)O)CCCC1)c1ncccc1Br. The summed E-state index contributed by atoms with van der Waals surface area (Å²) in [5, 5.41) is 12.0. The zero-order valence-corrected chi connectivity index (χ0v) is 11.9. The summed E-state index contributed by atoms with van der Waals surface area (Å²) in [5.41, 5.74) is -0.530. The van der Waals surface area contributed by atoms with Crippen LogP contribution in [-0.4, -0.2) is 28.5 Å². The second kappa shape index (κ2) is 5.69. The number of hydrogen-bond donors (Lipinski definition) is 2. The summed E-state index contributed by atoms with van der Waals surface area (Å²) in [4.78, 5) is 27.3. The Morgan fingerprint density at radius 1 is 1.42 bits per heavy atom. The monoisotopic (exact) mass is 326 g/mol. The molecule has 102 valence electrons. The van der Waals surface area contributed by atoms with Gasteiger partial charge >= 0.3 is 5.97 Å². The van der Waals surface area contributed by atoms with Gasteiger partial charge in [-0.15, -0.1) is 0 Å². The van der Waals surface area contributed by atoms with Crippen LogP contribution in [0.2, 0.25) is 0 Å². The Labute approximate surface area is 119 Å². The van der Waals surface area contributed by atoms with Gasteiger partial charge in [-0.1, -0.05) is 12.8 Å². The Bertz CT molecular complexity index is 498. The van der Waals surface area contributed by atoms with Crippen LogP contribution in [0.4, 0.5) is 0 Å². The number of aromatic nitrogens is 1. The first-order chi connectivity index (χ1) is 9.05. The predicted molar refractivity (Wildman–Crippen MR) is 72.8 cm³/mol. The minimum absolute atomic E-state index is 0.157. The van der Waals surface area contributed by atoms with Crippen LogP contribution in [0.3, 0.4) is 0 Å². The molecule has 0 atom stereocenters. The second-order valence-corrected chi connectivity index (χ2v) is 5.66. The molecule has 1 saturated carbocycles. The van der Waals surface area contributed by atoms with E-state index < -0.39 is 11.4 Å². The molecule has 0 unspecified atom stereocenters. The molecule has 2 N–H and O–H groups in total. The van der Waals surface area contributed by atoms with Gasteiger partial charge in [-0.2, -0.15) is 0 Å². The number of carboxylic acids is 1. The van der Waals surface area contributed by atoms with Gasteiger partial charge in [0.25, 0.3) is 5.91 Å². The van der Waals surface area contributed by atoms with Gasteiger partial charge in [0.05, 0.1) is 5.41 Å². The number of carbonyl (C=O) groups is 2. The van der Waals surface area contributed by atoms with E-state index in [1.807, 2.05) is 0 Å². The third-order valence-corrected chi connectivity index (χ3v) is 4.22. The summed E-state index contributed by atoms with van der Waals surface area (Å²) >= 11 is 3.25. The minimum atomic E-state index is -0.828. The van der Waals surface area contributed by atoms with Crippen molar-refractivity contribution in [3.05, 3.63) is 28.5 Å². The van der Waals surface area contributed by atoms with Crippen molar-refractivity contribution in [1.82, 2.24) is 10.3 Å². The third-order valence-electron chi connectivity index (χ3n) is 3.58. The van der Waals surface area contributed by atoms with Gasteiger partial charge in [0.2, 0.25) is 0 Å². The molecule has 1 aromatic heterocycles. The average Bonchev–Trinajstić information content (AvgIpc) is 2.86. The highest BCUT2D eigenvalue weighted by atomic mass is 79.9. The van der Waals surface area contributed by atoms with Gasteiger partial charge in [0.15, 0.2) is 0 Å². The van der Waals surface area contributed by atoms with Gasteiger partial charge in [-0.3, -0.25) is 9.59 Å². The lowest BCUT2D eigenvalue weighted by Gasteiger charge is -2.23. The number of pyridine rings is 1. The fourth-order valence-corrected chi connectivity index (χ4v) is 2.84. The molecule has 1 aliphatic carbocycles. The first kappa shape index (κ1) is 14.0. The summed E-state index contributed by atoms with van der Waals surface area (Å²) in [5.74, 6) is -1.18. The zero-order valence-electron chi connectivity index (χ0n) is 10.4. The Morgan fingerprint density at radius 3 is 2.68 bits per heavy atom. The third kappa shape index (κ3) is 2.94. The predicted octanol–water partition coefficient (Wildman–Crippen LogP) is 2.22. The molecule has 2 rings (SSSR count). The molecule has 0 radical (unpaired) electrons. The highest BCUT2D eigenvalue weighted by Crippen LogP contribution is 2.37. The van der Waals surface area contributed by atoms with Crippen LogP contribution in [-0.2, 0) is 4.79 Å². The fraction of sp³-hybridized carbons (Fsp3) is 0.462. The van der Waals surface area contributed by atoms with Crippen molar-refractivity contribution in [2.24, 2.45) is 5.41 Å². The molecule has 0 aliphatic heterocycles. The summed E-state index contributed by atoms with van der Waals surface area (Å²) in [6.45, 7) is 0.157. The van der Waals surface area contributed by atoms with E-state index in [1.165, 1.54) is 6.20 Å². The molecule has 1 heterocycles. The molecule has 0 bridgehead atoms. The Kier molecular flexibility index (Phi) is 4.19. The maximum atomic E-state index is 12.0. The molecule has 1 amide bonds. The maximum absolute atomic E-state index is 12.0. The van der Waals surface area contributed by atoms with Crippen LogP contribution < -0.4 is 5.32 Å². The molecular weight excluding hydrogens is 312 g/mol. The normalized spacial score (nSPS) is 17.1. The lowest BCUT2D eigenvalue weighted by molar-refractivity contribution is -0.148. The molecule has 0 aromatic carbocycles. The van der Waals surface area contributed by atoms with E-state index in [2.05, 4.69) is 26.2 Å². The Balaban J connectivity index is 2.04. The number of halogens is 1. The van der Waals surface area contributed by atoms with Crippen LogP contribution in [0.25, 0.3) is 0 Å². The van der Waals surface area contributed by atoms with Gasteiger partial charge in [-0.25, -0.2) is 4.98 Å². The van der Waals surface area contributed by atoms with Crippen molar-refractivity contribution in [3.8, 4) is 0 Å². The summed E-state index contributed by atoms with van der Waals surface area (Å²) in [6, 6.07) is 3.45. The van der Waals surface area contributed by atoms with Crippen LogP contribution in [0.5, 0.6) is 0 Å². The molecule has 19 heavy (non-hydrogen) atoms. The molecule has 1 aliphatic rings. The van der Waals surface area contributed by atoms with E-state index in [1.54, 1.807) is 12.1 Å². The number of nitrogens with zero attached hydrogens (tertiary/aromatic N) is 1. The van der Waals surface area contributed by atoms with E-state index >= 15 is 0 Å². The Hall–Kier alpha value is -1.43. The molecule has 1 aromatic rings. The summed E-state index contributed by atoms with van der Waals surface area (Å²) in [6.07, 6.45) is 4.56. The summed E-state index contributed by atoms with van der Waals surface area (Å²) < 4.78 is 0.600. The first-order valence-electron chi connectivity index (χ1n) is 6.17. The molecule has 0 saturated heterocycles. The number of carboxylic acid groups (broad SMARTS) is 1. The highest BCUT2D eigenvalue weighted by molar-refractivity contribution is 9.10. The van der Waals surface area contributed by atoms with Gasteiger partial charge < -0.3 is 10.4 Å². The molecular formula is C13H15BrN2O3. The quantitative estimate of drug-likeness (QED) is 0.889. The van der Waals surface area contributed by atoms with E-state index in [0.29, 0.717) is 17.3 Å². The smallest absolute Gasteiger partial charge is 0.311 e. The Morgan fingerprint density at radius 2 is 2.11 bits per heavy atom. The second-order valence-electron chi connectivity index (χ2n) is 4.81. The maximum Gasteiger partial charge on any atom is 0.311 e. The van der Waals surface area contributed by atoms with Crippen molar-refractivity contribution < 1.29 is 14.7 Å². The molecule has 1 fully saturated rings. The van der Waals surface area contributed by atoms with Crippen LogP contribution >= 0.6 is 15.9 Å². The lowest BCUT2D eigenvalue weighted by Crippen LogP contribution is -2.41. The van der Waals surface area contributed by atoms with Gasteiger partial charge in [0, 0.05) is 17.2 Å². The number of hydrogen-bond acceptors (Lipinski definition) is 3. The van der Waals surface area contributed by atoms with Crippen molar-refractivity contribution in [1.29, 1.82) is 0 Å². The van der Waals surface area contributed by atoms with E-state index in [4.69, 9.17) is 0 Å². The molecule has 0 spiro atoms. The molecule has 6 heteroatoms.